The molecule has 0 bridgehead atoms. The van der Waals surface area contributed by atoms with Crippen LogP contribution in [0.3, 0.4) is 0 Å². The van der Waals surface area contributed by atoms with E-state index in [0.29, 0.717) is 5.92 Å². The third kappa shape index (κ3) is 3.86. The summed E-state index contributed by atoms with van der Waals surface area (Å²) in [5.41, 5.74) is 4.40. The van der Waals surface area contributed by atoms with Crippen molar-refractivity contribution >= 4 is 22.9 Å². The number of hydrogen-bond acceptors (Lipinski definition) is 4. The first kappa shape index (κ1) is 17.9. The number of rotatable bonds is 6. The van der Waals surface area contributed by atoms with Crippen LogP contribution in [0.15, 0.2) is 48.8 Å². The number of hydrogen-bond donors (Lipinski definition) is 3. The summed E-state index contributed by atoms with van der Waals surface area (Å²) in [7, 11) is 0. The van der Waals surface area contributed by atoms with Crippen molar-refractivity contribution in [2.75, 3.05) is 17.2 Å². The minimum Gasteiger partial charge on any atom is -0.394 e. The second-order valence-electron chi connectivity index (χ2n) is 6.73. The van der Waals surface area contributed by atoms with Gasteiger partial charge >= 0.3 is 0 Å². The molecule has 3 rings (SSSR count). The number of aromatic nitrogens is 2. The minimum absolute atomic E-state index is 0.0116. The summed E-state index contributed by atoms with van der Waals surface area (Å²) in [5, 5.41) is 15.7. The number of fused-ring (bicyclic) bond motifs is 1. The third-order valence-corrected chi connectivity index (χ3v) is 4.34. The zero-order valence-electron chi connectivity index (χ0n) is 15.2. The highest BCUT2D eigenvalue weighted by Gasteiger charge is 2.13. The Morgan fingerprint density at radius 1 is 1.23 bits per heavy atom. The molecule has 1 amide bonds. The molecule has 0 aliphatic rings. The summed E-state index contributed by atoms with van der Waals surface area (Å²) < 4.78 is 2.00. The average molecular weight is 352 g/mol. The Kier molecular flexibility index (Phi) is 5.23. The Hall–Kier alpha value is -2.86. The molecule has 0 spiro atoms. The van der Waals surface area contributed by atoms with Gasteiger partial charge in [0.2, 0.25) is 5.91 Å². The molecule has 6 nitrogen and oxygen atoms in total. The van der Waals surface area contributed by atoms with Crippen molar-refractivity contribution in [1.82, 2.24) is 9.38 Å². The fraction of sp³-hybridized carbons (Fsp3) is 0.300. The number of aliphatic hydroxyl groups is 1. The number of carbonyl (C=O) groups excluding carboxylic acids is 1. The molecule has 3 aromatic rings. The van der Waals surface area contributed by atoms with E-state index >= 15 is 0 Å². The van der Waals surface area contributed by atoms with Gasteiger partial charge in [0, 0.05) is 24.4 Å². The lowest BCUT2D eigenvalue weighted by Gasteiger charge is -2.21. The molecule has 2 aromatic heterocycles. The van der Waals surface area contributed by atoms with Crippen LogP contribution < -0.4 is 10.6 Å². The van der Waals surface area contributed by atoms with E-state index in [2.05, 4.69) is 29.5 Å². The number of imidazole rings is 1. The predicted molar refractivity (Wildman–Crippen MR) is 104 cm³/mol. The lowest BCUT2D eigenvalue weighted by atomic mass is 10.1. The molecule has 136 valence electrons. The number of amides is 1. The maximum absolute atomic E-state index is 11.3. The highest BCUT2D eigenvalue weighted by Crippen LogP contribution is 2.25. The second kappa shape index (κ2) is 7.58. The van der Waals surface area contributed by atoms with Crippen LogP contribution in [0.2, 0.25) is 0 Å². The fourth-order valence-electron chi connectivity index (χ4n) is 2.88. The lowest BCUT2D eigenvalue weighted by Crippen LogP contribution is -2.29. The summed E-state index contributed by atoms with van der Waals surface area (Å²) in [4.78, 5) is 15.8. The molecular weight excluding hydrogens is 328 g/mol. The minimum atomic E-state index is -0.101. The summed E-state index contributed by atoms with van der Waals surface area (Å²) in [6, 6.07) is 11.6. The van der Waals surface area contributed by atoms with Crippen LogP contribution in [-0.4, -0.2) is 33.0 Å². The standard InChI is InChI=1S/C20H24N4O2/c1-13(2)18(12-25)23-17-7-8-20-21-10-19(24(20)11-17)15-5-4-6-16(9-15)22-14(3)26/h4-11,13,18,23,25H,12H2,1-3H3,(H,22,26)/t18-/m1/s1. The third-order valence-electron chi connectivity index (χ3n) is 4.34. The number of benzene rings is 1. The van der Waals surface area contributed by atoms with E-state index in [9.17, 15) is 9.90 Å². The molecule has 0 unspecified atom stereocenters. The lowest BCUT2D eigenvalue weighted by molar-refractivity contribution is -0.114. The van der Waals surface area contributed by atoms with Gasteiger partial charge < -0.3 is 15.7 Å². The van der Waals surface area contributed by atoms with E-state index in [0.717, 1.165) is 28.3 Å². The molecule has 0 aliphatic heterocycles. The number of aliphatic hydroxyl groups excluding tert-OH is 1. The normalized spacial score (nSPS) is 12.3. The van der Waals surface area contributed by atoms with E-state index in [1.807, 2.05) is 53.2 Å². The molecule has 1 atom stereocenters. The Labute approximate surface area is 152 Å². The molecule has 0 saturated carbocycles. The van der Waals surface area contributed by atoms with Crippen molar-refractivity contribution in [3.63, 3.8) is 0 Å². The van der Waals surface area contributed by atoms with Gasteiger partial charge in [-0.05, 0) is 30.2 Å². The smallest absolute Gasteiger partial charge is 0.221 e. The maximum atomic E-state index is 11.3. The highest BCUT2D eigenvalue weighted by atomic mass is 16.3. The van der Waals surface area contributed by atoms with Crippen molar-refractivity contribution in [2.24, 2.45) is 5.92 Å². The predicted octanol–water partition coefficient (Wildman–Crippen LogP) is 3.39. The molecule has 0 fully saturated rings. The molecule has 26 heavy (non-hydrogen) atoms. The average Bonchev–Trinajstić information content (AvgIpc) is 3.02. The van der Waals surface area contributed by atoms with Crippen LogP contribution >= 0.6 is 0 Å². The van der Waals surface area contributed by atoms with Gasteiger partial charge in [-0.1, -0.05) is 26.0 Å². The monoisotopic (exact) mass is 352 g/mol. The Balaban J connectivity index is 1.97. The van der Waals surface area contributed by atoms with Gasteiger partial charge in [0.05, 0.1) is 30.2 Å². The van der Waals surface area contributed by atoms with E-state index in [4.69, 9.17) is 0 Å². The quantitative estimate of drug-likeness (QED) is 0.635. The molecular formula is C20H24N4O2. The van der Waals surface area contributed by atoms with Crippen LogP contribution in [0.1, 0.15) is 20.8 Å². The van der Waals surface area contributed by atoms with E-state index in [1.165, 1.54) is 6.92 Å². The number of nitrogens with one attached hydrogen (secondary N) is 2. The molecule has 0 radical (unpaired) electrons. The largest absolute Gasteiger partial charge is 0.394 e. The van der Waals surface area contributed by atoms with Gasteiger partial charge in [-0.25, -0.2) is 4.98 Å². The zero-order valence-corrected chi connectivity index (χ0v) is 15.2. The molecule has 1 aromatic carbocycles. The number of carbonyl (C=O) groups is 1. The first-order chi connectivity index (χ1) is 12.5. The van der Waals surface area contributed by atoms with Crippen molar-refractivity contribution in [2.45, 2.75) is 26.8 Å². The Morgan fingerprint density at radius 2 is 2.04 bits per heavy atom. The summed E-state index contributed by atoms with van der Waals surface area (Å²) in [5.74, 6) is 0.211. The second-order valence-corrected chi connectivity index (χ2v) is 6.73. The SMILES string of the molecule is CC(=O)Nc1cccc(-c2cnc3ccc(N[C@H](CO)C(C)C)cn23)c1. The topological polar surface area (TPSA) is 78.7 Å². The summed E-state index contributed by atoms with van der Waals surface area (Å²) in [6.07, 6.45) is 3.80. The van der Waals surface area contributed by atoms with E-state index in [1.54, 1.807) is 0 Å². The van der Waals surface area contributed by atoms with Crippen LogP contribution in [0, 0.1) is 5.92 Å². The van der Waals surface area contributed by atoms with Gasteiger partial charge in [-0.2, -0.15) is 0 Å². The molecule has 3 N–H and O–H groups in total. The number of anilines is 2. The number of pyridine rings is 1. The Bertz CT molecular complexity index is 917. The van der Waals surface area contributed by atoms with Gasteiger partial charge in [-0.3, -0.25) is 9.20 Å². The van der Waals surface area contributed by atoms with Crippen LogP contribution in [0.25, 0.3) is 16.9 Å². The maximum Gasteiger partial charge on any atom is 0.221 e. The van der Waals surface area contributed by atoms with Gasteiger partial charge in [0.25, 0.3) is 0 Å². The van der Waals surface area contributed by atoms with E-state index < -0.39 is 0 Å². The van der Waals surface area contributed by atoms with Crippen molar-refractivity contribution in [1.29, 1.82) is 0 Å². The van der Waals surface area contributed by atoms with Crippen molar-refractivity contribution < 1.29 is 9.90 Å². The molecule has 0 saturated heterocycles. The van der Waals surface area contributed by atoms with Crippen molar-refractivity contribution in [3.8, 4) is 11.3 Å². The zero-order chi connectivity index (χ0) is 18.7. The number of nitrogens with zero attached hydrogens (tertiary/aromatic N) is 2. The summed E-state index contributed by atoms with van der Waals surface area (Å²) >= 11 is 0. The van der Waals surface area contributed by atoms with Crippen LogP contribution in [0.4, 0.5) is 11.4 Å². The molecule has 6 heteroatoms. The highest BCUT2D eigenvalue weighted by molar-refractivity contribution is 5.89. The first-order valence-electron chi connectivity index (χ1n) is 8.70. The van der Waals surface area contributed by atoms with Crippen LogP contribution in [-0.2, 0) is 4.79 Å². The van der Waals surface area contributed by atoms with E-state index in [-0.39, 0.29) is 18.6 Å². The van der Waals surface area contributed by atoms with Gasteiger partial charge in [0.1, 0.15) is 5.65 Å². The first-order valence-corrected chi connectivity index (χ1v) is 8.70. The van der Waals surface area contributed by atoms with Gasteiger partial charge in [0.15, 0.2) is 0 Å². The van der Waals surface area contributed by atoms with Gasteiger partial charge in [-0.15, -0.1) is 0 Å². The molecule has 2 heterocycles. The fourth-order valence-corrected chi connectivity index (χ4v) is 2.88. The molecule has 0 aliphatic carbocycles. The summed E-state index contributed by atoms with van der Waals surface area (Å²) in [6.45, 7) is 5.71. The Morgan fingerprint density at radius 3 is 2.73 bits per heavy atom. The van der Waals surface area contributed by atoms with Crippen molar-refractivity contribution in [3.05, 3.63) is 48.8 Å². The van der Waals surface area contributed by atoms with Crippen LogP contribution in [0.5, 0.6) is 0 Å².